The molecule has 8 nitrogen and oxygen atoms in total. The molecule has 9 heteroatoms. The Morgan fingerprint density at radius 2 is 1.78 bits per heavy atom. The number of hydrogen-bond donors (Lipinski definition) is 2. The van der Waals surface area contributed by atoms with Gasteiger partial charge in [-0.15, -0.1) is 0 Å². The van der Waals surface area contributed by atoms with Crippen molar-refractivity contribution >= 4 is 51.9 Å². The molecular weight excluding hydrogens is 486 g/mol. The molecule has 3 amide bonds. The largest absolute Gasteiger partial charge is 0.353 e. The lowest BCUT2D eigenvalue weighted by atomic mass is 9.95. The number of para-hydroxylation sites is 1. The maximum Gasteiger partial charge on any atom is 0.259 e. The molecule has 37 heavy (non-hydrogen) atoms. The number of rotatable bonds is 7. The second-order valence-electron chi connectivity index (χ2n) is 9.55. The molecule has 2 aliphatic heterocycles. The molecule has 1 aliphatic carbocycles. The normalized spacial score (nSPS) is 19.0. The van der Waals surface area contributed by atoms with Crippen LogP contribution < -0.4 is 10.6 Å². The highest BCUT2D eigenvalue weighted by Gasteiger charge is 2.42. The van der Waals surface area contributed by atoms with E-state index >= 15 is 0 Å². The lowest BCUT2D eigenvalue weighted by Gasteiger charge is -2.25. The molecule has 0 radical (unpaired) electrons. The zero-order valence-corrected chi connectivity index (χ0v) is 21.7. The summed E-state index contributed by atoms with van der Waals surface area (Å²) in [5, 5.41) is 6.37. The number of aliphatic imine (C=N–C) groups is 2. The summed E-state index contributed by atoms with van der Waals surface area (Å²) in [6.07, 6.45) is 6.35. The van der Waals surface area contributed by atoms with Crippen molar-refractivity contribution in [2.45, 2.75) is 64.0 Å². The number of hydrogen-bond acceptors (Lipinski definition) is 6. The molecule has 1 atom stereocenters. The van der Waals surface area contributed by atoms with Gasteiger partial charge in [0.15, 0.2) is 5.17 Å². The minimum atomic E-state index is -0.804. The van der Waals surface area contributed by atoms with Crippen molar-refractivity contribution in [1.82, 2.24) is 10.2 Å². The van der Waals surface area contributed by atoms with Crippen LogP contribution in [0.2, 0.25) is 0 Å². The lowest BCUT2D eigenvalue weighted by Crippen LogP contribution is -2.43. The molecule has 2 N–H and O–H groups in total. The first-order valence-corrected chi connectivity index (χ1v) is 13.9. The minimum absolute atomic E-state index is 0.00366. The van der Waals surface area contributed by atoms with E-state index in [1.165, 1.54) is 28.6 Å². The van der Waals surface area contributed by atoms with Crippen LogP contribution in [0, 0.1) is 0 Å². The molecule has 0 unspecified atom stereocenters. The van der Waals surface area contributed by atoms with Gasteiger partial charge in [-0.3, -0.25) is 19.4 Å². The number of nitrogens with zero attached hydrogens (tertiary/aromatic N) is 3. The van der Waals surface area contributed by atoms with E-state index in [0.717, 1.165) is 43.4 Å². The predicted octanol–water partition coefficient (Wildman–Crippen LogP) is 4.42. The third-order valence-electron chi connectivity index (χ3n) is 6.88. The molecule has 2 aromatic rings. The van der Waals surface area contributed by atoms with Crippen LogP contribution >= 0.6 is 11.8 Å². The van der Waals surface area contributed by atoms with Crippen molar-refractivity contribution < 1.29 is 14.4 Å². The van der Waals surface area contributed by atoms with Gasteiger partial charge in [0, 0.05) is 17.3 Å². The number of carbonyl (C=O) groups is 3. The Bertz CT molecular complexity index is 1250. The summed E-state index contributed by atoms with van der Waals surface area (Å²) in [7, 11) is 0. The highest BCUT2D eigenvalue weighted by molar-refractivity contribution is 8.14. The number of benzene rings is 2. The van der Waals surface area contributed by atoms with Gasteiger partial charge >= 0.3 is 0 Å². The van der Waals surface area contributed by atoms with Crippen molar-refractivity contribution in [3.05, 3.63) is 59.7 Å². The number of anilines is 1. The number of amides is 3. The van der Waals surface area contributed by atoms with Crippen molar-refractivity contribution in [3.63, 3.8) is 0 Å². The molecule has 5 rings (SSSR count). The average molecular weight is 518 g/mol. The first-order chi connectivity index (χ1) is 18.0. The summed E-state index contributed by atoms with van der Waals surface area (Å²) in [5.41, 5.74) is 3.36. The van der Waals surface area contributed by atoms with Gasteiger partial charge in [0.05, 0.1) is 17.9 Å². The maximum absolute atomic E-state index is 13.4. The Kier molecular flexibility index (Phi) is 7.69. The Morgan fingerprint density at radius 1 is 1.03 bits per heavy atom. The first-order valence-electron chi connectivity index (χ1n) is 12.9. The van der Waals surface area contributed by atoms with E-state index in [4.69, 9.17) is 0 Å². The molecular formula is C28H31N5O3S. The van der Waals surface area contributed by atoms with E-state index in [9.17, 15) is 14.4 Å². The number of aryl methyl sites for hydroxylation is 1. The zero-order chi connectivity index (χ0) is 25.8. The van der Waals surface area contributed by atoms with E-state index in [0.29, 0.717) is 16.7 Å². The van der Waals surface area contributed by atoms with Gasteiger partial charge in [0.2, 0.25) is 11.8 Å². The third kappa shape index (κ3) is 5.77. The van der Waals surface area contributed by atoms with Gasteiger partial charge in [-0.1, -0.05) is 62.2 Å². The van der Waals surface area contributed by atoms with Crippen LogP contribution in [0.1, 0.15) is 56.6 Å². The number of carbonyl (C=O) groups excluding carboxylic acids is 3. The van der Waals surface area contributed by atoms with Crippen LogP contribution in [0.15, 0.2) is 58.5 Å². The van der Waals surface area contributed by atoms with Crippen LogP contribution in [-0.4, -0.2) is 51.5 Å². The van der Waals surface area contributed by atoms with Crippen molar-refractivity contribution in [1.29, 1.82) is 0 Å². The van der Waals surface area contributed by atoms with Crippen molar-refractivity contribution in [2.75, 3.05) is 11.1 Å². The number of nitrogens with one attached hydrogen (secondary N) is 2. The summed E-state index contributed by atoms with van der Waals surface area (Å²) >= 11 is 1.19. The fourth-order valence-electron chi connectivity index (χ4n) is 4.89. The highest BCUT2D eigenvalue weighted by atomic mass is 32.2. The molecule has 0 aromatic heterocycles. The van der Waals surface area contributed by atoms with Crippen molar-refractivity contribution in [2.24, 2.45) is 9.98 Å². The Morgan fingerprint density at radius 3 is 2.54 bits per heavy atom. The fraction of sp³-hybridized carbons (Fsp3) is 0.393. The summed E-state index contributed by atoms with van der Waals surface area (Å²) in [4.78, 5) is 49.6. The summed E-state index contributed by atoms with van der Waals surface area (Å²) < 4.78 is 0. The smallest absolute Gasteiger partial charge is 0.259 e. The number of thioether (sulfide) groups is 1. The van der Waals surface area contributed by atoms with E-state index in [1.54, 1.807) is 0 Å². The SMILES string of the molecule is CCc1ccc(NC(=O)CSC2=Nc3ccccc3C3=N[C@H](CC(=O)NC4CCCCC4)C(=O)N23)cc1. The molecule has 0 spiro atoms. The second kappa shape index (κ2) is 11.3. The molecule has 2 aromatic carbocycles. The van der Waals surface area contributed by atoms with Crippen LogP contribution in [0.5, 0.6) is 0 Å². The summed E-state index contributed by atoms with van der Waals surface area (Å²) in [6, 6.07) is 14.6. The molecule has 2 heterocycles. The summed E-state index contributed by atoms with van der Waals surface area (Å²) in [5.74, 6) is -0.0543. The van der Waals surface area contributed by atoms with Crippen LogP contribution in [-0.2, 0) is 20.8 Å². The van der Waals surface area contributed by atoms with Gasteiger partial charge in [0.25, 0.3) is 5.91 Å². The van der Waals surface area contributed by atoms with Gasteiger partial charge in [0.1, 0.15) is 11.9 Å². The molecule has 0 saturated heterocycles. The maximum atomic E-state index is 13.4. The zero-order valence-electron chi connectivity index (χ0n) is 20.9. The van der Waals surface area contributed by atoms with E-state index < -0.39 is 6.04 Å². The molecule has 1 fully saturated rings. The quantitative estimate of drug-likeness (QED) is 0.568. The van der Waals surface area contributed by atoms with Crippen LogP contribution in [0.4, 0.5) is 11.4 Å². The van der Waals surface area contributed by atoms with Gasteiger partial charge < -0.3 is 10.6 Å². The van der Waals surface area contributed by atoms with Gasteiger partial charge in [-0.25, -0.2) is 9.89 Å². The van der Waals surface area contributed by atoms with E-state index in [1.807, 2.05) is 48.5 Å². The fourth-order valence-corrected chi connectivity index (χ4v) is 5.69. The van der Waals surface area contributed by atoms with E-state index in [2.05, 4.69) is 27.5 Å². The second-order valence-corrected chi connectivity index (χ2v) is 10.5. The Labute approximate surface area is 221 Å². The van der Waals surface area contributed by atoms with E-state index in [-0.39, 0.29) is 35.9 Å². The first kappa shape index (κ1) is 25.2. The molecule has 1 saturated carbocycles. The molecule has 3 aliphatic rings. The molecule has 192 valence electrons. The Hall–Kier alpha value is -3.46. The highest BCUT2D eigenvalue weighted by Crippen LogP contribution is 2.34. The lowest BCUT2D eigenvalue weighted by molar-refractivity contribution is -0.129. The van der Waals surface area contributed by atoms with Crippen LogP contribution in [0.25, 0.3) is 0 Å². The molecule has 0 bridgehead atoms. The standard InChI is InChI=1S/C28H31N5O3S/c1-2-18-12-14-20(15-13-18)30-25(35)17-37-28-32-22-11-7-6-10-21(22)26-31-23(27(36)33(26)28)16-24(34)29-19-8-4-3-5-9-19/h6-7,10-15,19,23H,2-5,8-9,16-17H2,1H3,(H,29,34)(H,30,35)/t23-/m1/s1. The number of amidine groups is 2. The Balaban J connectivity index is 1.27. The minimum Gasteiger partial charge on any atom is -0.353 e. The predicted molar refractivity (Wildman–Crippen MR) is 147 cm³/mol. The summed E-state index contributed by atoms with van der Waals surface area (Å²) in [6.45, 7) is 2.08. The number of fused-ring (bicyclic) bond motifs is 3. The third-order valence-corrected chi connectivity index (χ3v) is 7.81. The van der Waals surface area contributed by atoms with Gasteiger partial charge in [-0.2, -0.15) is 0 Å². The topological polar surface area (TPSA) is 103 Å². The van der Waals surface area contributed by atoms with Gasteiger partial charge in [-0.05, 0) is 49.1 Å². The van der Waals surface area contributed by atoms with Crippen LogP contribution in [0.3, 0.4) is 0 Å². The average Bonchev–Trinajstić information content (AvgIpc) is 3.24. The van der Waals surface area contributed by atoms with Crippen molar-refractivity contribution in [3.8, 4) is 0 Å². The monoisotopic (exact) mass is 517 g/mol.